The average molecular weight is 259 g/mol. The van der Waals surface area contributed by atoms with Gasteiger partial charge in [0.05, 0.1) is 10.7 Å². The third-order valence-electron chi connectivity index (χ3n) is 1.18. The van der Waals surface area contributed by atoms with E-state index in [9.17, 15) is 4.79 Å². The molecule has 0 radical (unpaired) electrons. The lowest BCUT2D eigenvalue weighted by atomic mass is 10.4. The van der Waals surface area contributed by atoms with Crippen LogP contribution in [0.2, 0.25) is 5.02 Å². The molecular weight excluding hydrogens is 255 g/mol. The largest absolute Gasteiger partial charge is 0.313 e. The van der Waals surface area contributed by atoms with E-state index in [1.807, 2.05) is 5.92 Å². The number of nitrogens with zero attached hydrogens (tertiary/aromatic N) is 1. The summed E-state index contributed by atoms with van der Waals surface area (Å²) in [7, 11) is 0. The third kappa shape index (κ3) is 2.72. The van der Waals surface area contributed by atoms with Crippen molar-refractivity contribution in [2.24, 2.45) is 0 Å². The van der Waals surface area contributed by atoms with Crippen LogP contribution in [0.4, 0.5) is 5.69 Å². The van der Waals surface area contributed by atoms with E-state index in [2.05, 4.69) is 26.2 Å². The van der Waals surface area contributed by atoms with Gasteiger partial charge >= 0.3 is 0 Å². The molecule has 0 unspecified atom stereocenters. The Morgan fingerprint density at radius 2 is 2.46 bits per heavy atom. The molecule has 5 heteroatoms. The number of aromatic nitrogens is 1. The Balaban J connectivity index is 2.95. The maximum absolute atomic E-state index is 10.8. The molecule has 3 nitrogen and oxygen atoms in total. The van der Waals surface area contributed by atoms with Crippen LogP contribution in [0, 0.1) is 12.3 Å². The number of carbonyl (C=O) groups excluding carboxylic acids is 1. The van der Waals surface area contributed by atoms with Crippen LogP contribution in [-0.2, 0) is 4.79 Å². The van der Waals surface area contributed by atoms with Gasteiger partial charge in [0.15, 0.2) is 0 Å². The molecule has 0 aromatic carbocycles. The fraction of sp³-hybridized carbons (Fsp3) is 0. The summed E-state index contributed by atoms with van der Waals surface area (Å²) in [6, 6.07) is 1.55. The second-order valence-corrected chi connectivity index (χ2v) is 3.28. The van der Waals surface area contributed by atoms with Gasteiger partial charge in [0.1, 0.15) is 4.60 Å². The zero-order chi connectivity index (χ0) is 9.84. The van der Waals surface area contributed by atoms with Gasteiger partial charge in [-0.05, 0) is 27.9 Å². The van der Waals surface area contributed by atoms with Crippen molar-refractivity contribution in [2.75, 3.05) is 5.32 Å². The molecule has 0 aliphatic rings. The molecule has 0 saturated carbocycles. The van der Waals surface area contributed by atoms with Gasteiger partial charge in [-0.15, -0.1) is 6.42 Å². The normalized spacial score (nSPS) is 9.00. The fourth-order valence-electron chi connectivity index (χ4n) is 0.669. The minimum Gasteiger partial charge on any atom is -0.313 e. The van der Waals surface area contributed by atoms with Gasteiger partial charge in [0.2, 0.25) is 0 Å². The molecule has 1 amide bonds. The van der Waals surface area contributed by atoms with Gasteiger partial charge in [-0.1, -0.05) is 11.6 Å². The molecule has 0 spiro atoms. The minimum atomic E-state index is -0.537. The lowest BCUT2D eigenvalue weighted by Gasteiger charge is -2.02. The Morgan fingerprint density at radius 1 is 1.77 bits per heavy atom. The predicted octanol–water partition coefficient (Wildman–Crippen LogP) is 2.07. The van der Waals surface area contributed by atoms with Crippen molar-refractivity contribution in [1.29, 1.82) is 0 Å². The molecule has 0 saturated heterocycles. The summed E-state index contributed by atoms with van der Waals surface area (Å²) in [6.45, 7) is 0. The van der Waals surface area contributed by atoms with Crippen LogP contribution in [0.3, 0.4) is 0 Å². The number of nitrogens with one attached hydrogen (secondary N) is 1. The molecule has 1 N–H and O–H groups in total. The summed E-state index contributed by atoms with van der Waals surface area (Å²) in [5.74, 6) is 1.38. The molecule has 1 aromatic rings. The number of pyridine rings is 1. The van der Waals surface area contributed by atoms with E-state index in [0.717, 1.165) is 0 Å². The standard InChI is InChI=1S/C8H4BrClN2O/c1-2-7(13)12-6-3-5(10)4-11-8(6)9/h1,3-4H,(H,12,13). The topological polar surface area (TPSA) is 42.0 Å². The average Bonchev–Trinajstić information content (AvgIpc) is 2.11. The molecule has 0 fully saturated rings. The molecule has 1 heterocycles. The number of amides is 1. The highest BCUT2D eigenvalue weighted by atomic mass is 79.9. The zero-order valence-corrected chi connectivity index (χ0v) is 8.69. The lowest BCUT2D eigenvalue weighted by Crippen LogP contribution is -2.08. The van der Waals surface area contributed by atoms with Crippen molar-refractivity contribution in [3.8, 4) is 12.3 Å². The Morgan fingerprint density at radius 3 is 3.08 bits per heavy atom. The van der Waals surface area contributed by atoms with Crippen molar-refractivity contribution < 1.29 is 4.79 Å². The summed E-state index contributed by atoms with van der Waals surface area (Å²) in [5.41, 5.74) is 0.454. The van der Waals surface area contributed by atoms with E-state index in [1.54, 1.807) is 6.07 Å². The van der Waals surface area contributed by atoms with E-state index in [4.69, 9.17) is 18.0 Å². The SMILES string of the molecule is C#CC(=O)Nc1cc(Cl)cnc1Br. The van der Waals surface area contributed by atoms with Crippen molar-refractivity contribution >= 4 is 39.1 Å². The van der Waals surface area contributed by atoms with E-state index in [0.29, 0.717) is 15.3 Å². The van der Waals surface area contributed by atoms with E-state index < -0.39 is 5.91 Å². The summed E-state index contributed by atoms with van der Waals surface area (Å²) in [4.78, 5) is 14.7. The van der Waals surface area contributed by atoms with Crippen LogP contribution in [-0.4, -0.2) is 10.9 Å². The molecule has 0 aliphatic heterocycles. The number of rotatable bonds is 1. The minimum absolute atomic E-state index is 0.426. The number of anilines is 1. The molecule has 0 aliphatic carbocycles. The molecule has 0 bridgehead atoms. The Labute approximate surface area is 88.6 Å². The fourth-order valence-corrected chi connectivity index (χ4v) is 1.14. The van der Waals surface area contributed by atoms with Gasteiger partial charge in [-0.25, -0.2) is 4.98 Å². The van der Waals surface area contributed by atoms with Crippen LogP contribution in [0.1, 0.15) is 0 Å². The van der Waals surface area contributed by atoms with Gasteiger partial charge in [-0.2, -0.15) is 0 Å². The maximum Gasteiger partial charge on any atom is 0.300 e. The van der Waals surface area contributed by atoms with Crippen LogP contribution >= 0.6 is 27.5 Å². The highest BCUT2D eigenvalue weighted by Gasteiger charge is 2.04. The van der Waals surface area contributed by atoms with E-state index in [-0.39, 0.29) is 0 Å². The van der Waals surface area contributed by atoms with Crippen LogP contribution in [0.15, 0.2) is 16.9 Å². The molecule has 1 rings (SSSR count). The van der Waals surface area contributed by atoms with Crippen LogP contribution in [0.25, 0.3) is 0 Å². The van der Waals surface area contributed by atoms with Crippen LogP contribution in [0.5, 0.6) is 0 Å². The smallest absolute Gasteiger partial charge is 0.300 e. The summed E-state index contributed by atoms with van der Waals surface area (Å²) >= 11 is 8.79. The van der Waals surface area contributed by atoms with Crippen molar-refractivity contribution in [1.82, 2.24) is 4.98 Å². The number of hydrogen-bond acceptors (Lipinski definition) is 2. The molecule has 66 valence electrons. The third-order valence-corrected chi connectivity index (χ3v) is 2.02. The first-order valence-corrected chi connectivity index (χ1v) is 4.39. The van der Waals surface area contributed by atoms with E-state index >= 15 is 0 Å². The monoisotopic (exact) mass is 258 g/mol. The molecule has 0 atom stereocenters. The maximum atomic E-state index is 10.8. The number of terminal acetylenes is 1. The second-order valence-electron chi connectivity index (χ2n) is 2.09. The molecule has 1 aromatic heterocycles. The van der Waals surface area contributed by atoms with Gasteiger partial charge in [-0.3, -0.25) is 4.79 Å². The number of halogens is 2. The number of carbonyl (C=O) groups is 1. The summed E-state index contributed by atoms with van der Waals surface area (Å²) in [5, 5.41) is 2.86. The highest BCUT2D eigenvalue weighted by Crippen LogP contribution is 2.22. The van der Waals surface area contributed by atoms with Crippen molar-refractivity contribution in [2.45, 2.75) is 0 Å². The second kappa shape index (κ2) is 4.26. The Hall–Kier alpha value is -1.05. The molecular formula is C8H4BrClN2O. The van der Waals surface area contributed by atoms with Crippen molar-refractivity contribution in [3.05, 3.63) is 21.9 Å². The van der Waals surface area contributed by atoms with Crippen LogP contribution < -0.4 is 5.32 Å². The first-order valence-electron chi connectivity index (χ1n) is 3.22. The predicted molar refractivity (Wildman–Crippen MR) is 54.4 cm³/mol. The zero-order valence-electron chi connectivity index (χ0n) is 6.34. The van der Waals surface area contributed by atoms with Crippen molar-refractivity contribution in [3.63, 3.8) is 0 Å². The summed E-state index contributed by atoms with van der Waals surface area (Å²) < 4.78 is 0.487. The first kappa shape index (κ1) is 10.0. The lowest BCUT2D eigenvalue weighted by molar-refractivity contribution is -0.111. The number of hydrogen-bond donors (Lipinski definition) is 1. The van der Waals surface area contributed by atoms with Gasteiger partial charge in [0, 0.05) is 6.20 Å². The first-order chi connectivity index (χ1) is 6.13. The van der Waals surface area contributed by atoms with Gasteiger partial charge in [0.25, 0.3) is 5.91 Å². The highest BCUT2D eigenvalue weighted by molar-refractivity contribution is 9.10. The van der Waals surface area contributed by atoms with E-state index in [1.165, 1.54) is 6.20 Å². The summed E-state index contributed by atoms with van der Waals surface area (Å²) in [6.07, 6.45) is 6.33. The Bertz CT molecular complexity index is 386. The molecule has 13 heavy (non-hydrogen) atoms. The quantitative estimate of drug-likeness (QED) is 0.620. The van der Waals surface area contributed by atoms with Gasteiger partial charge < -0.3 is 5.32 Å². The Kier molecular flexibility index (Phi) is 3.29.